The molecule has 1 fully saturated rings. The predicted molar refractivity (Wildman–Crippen MR) is 103 cm³/mol. The Balaban J connectivity index is 1.54. The summed E-state index contributed by atoms with van der Waals surface area (Å²) in [6.07, 6.45) is 3.56. The van der Waals surface area contributed by atoms with Gasteiger partial charge in [0.2, 0.25) is 5.89 Å². The van der Waals surface area contributed by atoms with Crippen molar-refractivity contribution in [1.82, 2.24) is 19.7 Å². The van der Waals surface area contributed by atoms with Crippen LogP contribution in [-0.4, -0.2) is 33.3 Å². The molecule has 0 radical (unpaired) electrons. The minimum atomic E-state index is 0.349. The molecule has 0 amide bonds. The van der Waals surface area contributed by atoms with Crippen molar-refractivity contribution in [1.29, 1.82) is 0 Å². The summed E-state index contributed by atoms with van der Waals surface area (Å²) in [6, 6.07) is 12.8. The molecule has 6 heteroatoms. The van der Waals surface area contributed by atoms with Crippen LogP contribution in [0.1, 0.15) is 42.5 Å². The van der Waals surface area contributed by atoms with E-state index in [1.165, 1.54) is 24.1 Å². The summed E-state index contributed by atoms with van der Waals surface area (Å²) in [4.78, 5) is 2.44. The molecule has 0 bridgehead atoms. The fraction of sp³-hybridized carbons (Fsp3) is 0.429. The number of ether oxygens (including phenoxy) is 1. The third-order valence-corrected chi connectivity index (χ3v) is 5.49. The summed E-state index contributed by atoms with van der Waals surface area (Å²) in [7, 11) is 3.72. The van der Waals surface area contributed by atoms with Crippen LogP contribution in [0.15, 0.2) is 40.8 Å². The van der Waals surface area contributed by atoms with Gasteiger partial charge in [0.1, 0.15) is 11.4 Å². The van der Waals surface area contributed by atoms with Crippen molar-refractivity contribution in [3.8, 4) is 17.3 Å². The smallest absolute Gasteiger partial charge is 0.264 e. The zero-order valence-corrected chi connectivity index (χ0v) is 16.2. The van der Waals surface area contributed by atoms with Gasteiger partial charge in [-0.25, -0.2) is 0 Å². The third kappa shape index (κ3) is 3.62. The number of benzene rings is 1. The van der Waals surface area contributed by atoms with Crippen molar-refractivity contribution in [2.45, 2.75) is 38.8 Å². The van der Waals surface area contributed by atoms with E-state index in [1.54, 1.807) is 7.11 Å². The van der Waals surface area contributed by atoms with Gasteiger partial charge in [0.05, 0.1) is 13.7 Å². The fourth-order valence-electron chi connectivity index (χ4n) is 3.83. The van der Waals surface area contributed by atoms with Gasteiger partial charge < -0.3 is 13.7 Å². The lowest BCUT2D eigenvalue weighted by Gasteiger charge is -2.35. The minimum Gasteiger partial charge on any atom is -0.497 e. The normalized spacial score (nSPS) is 18.0. The van der Waals surface area contributed by atoms with Gasteiger partial charge in [-0.15, -0.1) is 10.2 Å². The Morgan fingerprint density at radius 1 is 1.19 bits per heavy atom. The molecule has 0 spiro atoms. The number of methoxy groups -OCH3 is 1. The lowest BCUT2D eigenvalue weighted by atomic mass is 9.95. The number of nitrogens with zero attached hydrogens (tertiary/aromatic N) is 4. The average molecular weight is 366 g/mol. The Hall–Kier alpha value is -2.60. The van der Waals surface area contributed by atoms with Crippen molar-refractivity contribution >= 4 is 0 Å². The van der Waals surface area contributed by atoms with E-state index in [0.717, 1.165) is 24.4 Å². The van der Waals surface area contributed by atoms with E-state index in [4.69, 9.17) is 9.15 Å². The second kappa shape index (κ2) is 7.56. The van der Waals surface area contributed by atoms with Gasteiger partial charge in [0, 0.05) is 18.8 Å². The van der Waals surface area contributed by atoms with Gasteiger partial charge in [-0.2, -0.15) is 0 Å². The highest BCUT2D eigenvalue weighted by Gasteiger charge is 2.26. The number of piperidine rings is 1. The molecular weight excluding hydrogens is 340 g/mol. The van der Waals surface area contributed by atoms with Gasteiger partial charge in [-0.05, 0) is 56.1 Å². The highest BCUT2D eigenvalue weighted by Crippen LogP contribution is 2.33. The first-order valence-corrected chi connectivity index (χ1v) is 9.49. The van der Waals surface area contributed by atoms with Crippen molar-refractivity contribution in [3.63, 3.8) is 0 Å². The molecule has 3 aromatic rings. The Morgan fingerprint density at radius 3 is 2.85 bits per heavy atom. The van der Waals surface area contributed by atoms with Crippen molar-refractivity contribution in [2.75, 3.05) is 13.7 Å². The van der Waals surface area contributed by atoms with Crippen LogP contribution >= 0.6 is 0 Å². The zero-order chi connectivity index (χ0) is 18.8. The van der Waals surface area contributed by atoms with Gasteiger partial charge in [0.25, 0.3) is 5.89 Å². The Labute approximate surface area is 159 Å². The minimum absolute atomic E-state index is 0.349. The molecule has 27 heavy (non-hydrogen) atoms. The predicted octanol–water partition coefficient (Wildman–Crippen LogP) is 4.12. The monoisotopic (exact) mass is 366 g/mol. The topological polar surface area (TPSA) is 56.3 Å². The number of hydrogen-bond acceptors (Lipinski definition) is 5. The number of aromatic nitrogens is 3. The van der Waals surface area contributed by atoms with Crippen LogP contribution in [0.5, 0.6) is 5.75 Å². The molecule has 1 saturated heterocycles. The summed E-state index contributed by atoms with van der Waals surface area (Å²) in [5.74, 6) is 2.14. The second-order valence-corrected chi connectivity index (χ2v) is 7.18. The van der Waals surface area contributed by atoms with Crippen LogP contribution in [0, 0.1) is 6.92 Å². The van der Waals surface area contributed by atoms with E-state index in [1.807, 2.05) is 19.2 Å². The molecular formula is C21H26N4O2. The van der Waals surface area contributed by atoms with E-state index in [2.05, 4.69) is 50.9 Å². The van der Waals surface area contributed by atoms with Crippen LogP contribution < -0.4 is 4.74 Å². The number of hydrogen-bond donors (Lipinski definition) is 0. The summed E-state index contributed by atoms with van der Waals surface area (Å²) in [5, 5.41) is 8.57. The summed E-state index contributed by atoms with van der Waals surface area (Å²) < 4.78 is 13.5. The molecule has 1 aliphatic heterocycles. The summed E-state index contributed by atoms with van der Waals surface area (Å²) in [6.45, 7) is 3.76. The molecule has 0 unspecified atom stereocenters. The van der Waals surface area contributed by atoms with E-state index < -0.39 is 0 Å². The largest absolute Gasteiger partial charge is 0.497 e. The molecule has 1 aliphatic rings. The summed E-state index contributed by atoms with van der Waals surface area (Å²) >= 11 is 0. The first kappa shape index (κ1) is 17.8. The standard InChI is InChI=1S/C21H26N4O2/c1-15-10-11-19(24(15)2)21-23-22-20(27-21)14-25-12-5-4-9-18(25)16-7-6-8-17(13-16)26-3/h6-8,10-11,13,18H,4-5,9,12,14H2,1-3H3/t18-/m0/s1. The average Bonchev–Trinajstić information content (AvgIpc) is 3.29. The first-order valence-electron chi connectivity index (χ1n) is 9.49. The molecule has 4 rings (SSSR count). The lowest BCUT2D eigenvalue weighted by Crippen LogP contribution is -2.33. The summed E-state index contributed by atoms with van der Waals surface area (Å²) in [5.41, 5.74) is 3.40. The highest BCUT2D eigenvalue weighted by molar-refractivity contribution is 5.48. The van der Waals surface area contributed by atoms with Crippen molar-refractivity contribution in [2.24, 2.45) is 7.05 Å². The van der Waals surface area contributed by atoms with Gasteiger partial charge in [-0.3, -0.25) is 4.90 Å². The highest BCUT2D eigenvalue weighted by atomic mass is 16.5. The molecule has 0 saturated carbocycles. The molecule has 1 atom stereocenters. The quantitative estimate of drug-likeness (QED) is 0.680. The molecule has 0 N–H and O–H groups in total. The zero-order valence-electron chi connectivity index (χ0n) is 16.2. The molecule has 3 heterocycles. The van der Waals surface area contributed by atoms with E-state index >= 15 is 0 Å². The number of rotatable bonds is 5. The number of likely N-dealkylation sites (tertiary alicyclic amines) is 1. The Morgan fingerprint density at radius 2 is 2.07 bits per heavy atom. The van der Waals surface area contributed by atoms with E-state index in [0.29, 0.717) is 24.4 Å². The van der Waals surface area contributed by atoms with Crippen LogP contribution in [0.2, 0.25) is 0 Å². The van der Waals surface area contributed by atoms with E-state index in [9.17, 15) is 0 Å². The molecule has 1 aromatic carbocycles. The van der Waals surface area contributed by atoms with Gasteiger partial charge >= 0.3 is 0 Å². The van der Waals surface area contributed by atoms with Crippen LogP contribution in [0.3, 0.4) is 0 Å². The molecule has 2 aromatic heterocycles. The van der Waals surface area contributed by atoms with Crippen LogP contribution in [-0.2, 0) is 13.6 Å². The Kier molecular flexibility index (Phi) is 4.99. The maximum Gasteiger partial charge on any atom is 0.264 e. The third-order valence-electron chi connectivity index (χ3n) is 5.49. The molecule has 0 aliphatic carbocycles. The first-order chi connectivity index (χ1) is 13.2. The second-order valence-electron chi connectivity index (χ2n) is 7.18. The maximum absolute atomic E-state index is 5.99. The van der Waals surface area contributed by atoms with Crippen LogP contribution in [0.4, 0.5) is 0 Å². The van der Waals surface area contributed by atoms with E-state index in [-0.39, 0.29) is 0 Å². The maximum atomic E-state index is 5.99. The van der Waals surface area contributed by atoms with Crippen molar-refractivity contribution < 1.29 is 9.15 Å². The fourth-order valence-corrected chi connectivity index (χ4v) is 3.83. The van der Waals surface area contributed by atoms with Gasteiger partial charge in [0.15, 0.2) is 0 Å². The van der Waals surface area contributed by atoms with Gasteiger partial charge in [-0.1, -0.05) is 18.6 Å². The number of aryl methyl sites for hydroxylation is 1. The molecule has 142 valence electrons. The van der Waals surface area contributed by atoms with Crippen LogP contribution in [0.25, 0.3) is 11.6 Å². The Bertz CT molecular complexity index is 915. The molecule has 6 nitrogen and oxygen atoms in total. The SMILES string of the molecule is COc1cccc([C@@H]2CCCCN2Cc2nnc(-c3ccc(C)n3C)o2)c1. The lowest BCUT2D eigenvalue weighted by molar-refractivity contribution is 0.128. The van der Waals surface area contributed by atoms with Crippen molar-refractivity contribution in [3.05, 3.63) is 53.5 Å².